The summed E-state index contributed by atoms with van der Waals surface area (Å²) in [6.45, 7) is 3.36. The minimum atomic E-state index is -0.974. The summed E-state index contributed by atoms with van der Waals surface area (Å²) in [6, 6.07) is 15.7. The van der Waals surface area contributed by atoms with Crippen molar-refractivity contribution in [2.24, 2.45) is 5.73 Å². The highest BCUT2D eigenvalue weighted by molar-refractivity contribution is 6.09. The molecule has 1 aromatic heterocycles. The van der Waals surface area contributed by atoms with E-state index >= 15 is 0 Å². The van der Waals surface area contributed by atoms with E-state index in [1.54, 1.807) is 56.3 Å². The first kappa shape index (κ1) is 21.1. The van der Waals surface area contributed by atoms with Crippen molar-refractivity contribution in [1.82, 2.24) is 0 Å². The fourth-order valence-electron chi connectivity index (χ4n) is 3.42. The summed E-state index contributed by atoms with van der Waals surface area (Å²) >= 11 is 0. The number of hydrogen-bond acceptors (Lipinski definition) is 5. The van der Waals surface area contributed by atoms with E-state index in [9.17, 15) is 19.5 Å². The molecule has 0 saturated heterocycles. The van der Waals surface area contributed by atoms with Crippen molar-refractivity contribution in [3.8, 4) is 0 Å². The van der Waals surface area contributed by atoms with Gasteiger partial charge in [0.1, 0.15) is 5.58 Å². The number of carbonyl (C=O) groups is 2. The Hall–Kier alpha value is -4.17. The van der Waals surface area contributed by atoms with Gasteiger partial charge in [-0.1, -0.05) is 12.1 Å². The van der Waals surface area contributed by atoms with Crippen LogP contribution >= 0.6 is 0 Å². The fourth-order valence-corrected chi connectivity index (χ4v) is 3.42. The van der Waals surface area contributed by atoms with Crippen molar-refractivity contribution in [1.29, 1.82) is 0 Å². The molecule has 0 aliphatic carbocycles. The van der Waals surface area contributed by atoms with Crippen LogP contribution in [0.4, 0.5) is 16.2 Å². The zero-order valence-corrected chi connectivity index (χ0v) is 17.4. The van der Waals surface area contributed by atoms with Crippen LogP contribution in [-0.2, 0) is 5.60 Å². The van der Waals surface area contributed by atoms with Crippen molar-refractivity contribution >= 4 is 45.1 Å². The Morgan fingerprint density at radius 2 is 1.53 bits per heavy atom. The van der Waals surface area contributed by atoms with Crippen molar-refractivity contribution in [2.45, 2.75) is 19.4 Å². The standard InChI is InChI=1S/C24H21N3O5/c1-24(2,31)14-4-6-15(7-5-14)26-23(30)27-16-8-10-20-19(12-16)18-11-13(21(25)28)3-9-17(18)22(29)32-20/h3-12,31H,1-2H3,(H2,25,28)(H2,26,27,30). The van der Waals surface area contributed by atoms with Crippen molar-refractivity contribution in [2.75, 3.05) is 10.6 Å². The van der Waals surface area contributed by atoms with Crippen molar-refractivity contribution in [3.63, 3.8) is 0 Å². The van der Waals surface area contributed by atoms with Crippen LogP contribution in [0.1, 0.15) is 29.8 Å². The largest absolute Gasteiger partial charge is 0.422 e. The van der Waals surface area contributed by atoms with Crippen molar-refractivity contribution < 1.29 is 19.1 Å². The third-order valence-corrected chi connectivity index (χ3v) is 5.10. The van der Waals surface area contributed by atoms with E-state index in [-0.39, 0.29) is 5.56 Å². The highest BCUT2D eigenvalue weighted by Gasteiger charge is 2.16. The van der Waals surface area contributed by atoms with Crippen LogP contribution in [0.5, 0.6) is 0 Å². The molecule has 0 fully saturated rings. The minimum absolute atomic E-state index is 0.259. The van der Waals surface area contributed by atoms with Gasteiger partial charge < -0.3 is 25.9 Å². The van der Waals surface area contributed by atoms with E-state index in [2.05, 4.69) is 10.6 Å². The van der Waals surface area contributed by atoms with Gasteiger partial charge in [0, 0.05) is 27.7 Å². The second-order valence-electron chi connectivity index (χ2n) is 7.94. The lowest BCUT2D eigenvalue weighted by Crippen LogP contribution is -2.20. The summed E-state index contributed by atoms with van der Waals surface area (Å²) in [6.07, 6.45) is 0. The average molecular weight is 431 g/mol. The number of urea groups is 1. The molecule has 0 radical (unpaired) electrons. The van der Waals surface area contributed by atoms with Gasteiger partial charge in [0.2, 0.25) is 5.91 Å². The van der Waals surface area contributed by atoms with E-state index in [0.29, 0.717) is 33.1 Å². The molecule has 162 valence electrons. The molecule has 0 atom stereocenters. The first-order valence-electron chi connectivity index (χ1n) is 9.83. The van der Waals surface area contributed by atoms with Gasteiger partial charge in [-0.05, 0) is 67.9 Å². The van der Waals surface area contributed by atoms with Crippen LogP contribution in [0.15, 0.2) is 69.9 Å². The molecule has 0 aliphatic rings. The molecule has 4 rings (SSSR count). The van der Waals surface area contributed by atoms with E-state index in [1.165, 1.54) is 18.2 Å². The molecule has 1 heterocycles. The van der Waals surface area contributed by atoms with Crippen molar-refractivity contribution in [3.05, 3.63) is 82.2 Å². The molecule has 0 saturated carbocycles. The predicted octanol–water partition coefficient (Wildman–Crippen LogP) is 3.92. The van der Waals surface area contributed by atoms with Gasteiger partial charge in [0.15, 0.2) is 0 Å². The van der Waals surface area contributed by atoms with E-state index in [0.717, 1.165) is 5.56 Å². The molecular weight excluding hydrogens is 410 g/mol. The predicted molar refractivity (Wildman–Crippen MR) is 123 cm³/mol. The van der Waals surface area contributed by atoms with Crippen LogP contribution < -0.4 is 22.0 Å². The number of rotatable bonds is 4. The Morgan fingerprint density at radius 3 is 2.19 bits per heavy atom. The lowest BCUT2D eigenvalue weighted by molar-refractivity contribution is 0.0786. The highest BCUT2D eigenvalue weighted by Crippen LogP contribution is 2.27. The van der Waals surface area contributed by atoms with Crippen LogP contribution in [0.25, 0.3) is 21.7 Å². The molecule has 0 spiro atoms. The topological polar surface area (TPSA) is 135 Å². The fraction of sp³-hybridized carbons (Fsp3) is 0.125. The molecule has 4 aromatic rings. The summed E-state index contributed by atoms with van der Waals surface area (Å²) < 4.78 is 5.35. The molecule has 32 heavy (non-hydrogen) atoms. The summed E-state index contributed by atoms with van der Waals surface area (Å²) in [4.78, 5) is 36.3. The van der Waals surface area contributed by atoms with Crippen LogP contribution in [0.3, 0.4) is 0 Å². The number of carbonyl (C=O) groups excluding carboxylic acids is 2. The van der Waals surface area contributed by atoms with Gasteiger partial charge >= 0.3 is 11.7 Å². The number of hydrogen-bond donors (Lipinski definition) is 4. The van der Waals surface area contributed by atoms with Gasteiger partial charge in [0.25, 0.3) is 0 Å². The number of nitrogens with one attached hydrogen (secondary N) is 2. The smallest absolute Gasteiger partial charge is 0.344 e. The van der Waals surface area contributed by atoms with E-state index in [1.807, 2.05) is 0 Å². The average Bonchev–Trinajstić information content (AvgIpc) is 2.73. The summed E-state index contributed by atoms with van der Waals surface area (Å²) in [5, 5.41) is 16.8. The third-order valence-electron chi connectivity index (χ3n) is 5.10. The lowest BCUT2D eigenvalue weighted by Gasteiger charge is -2.18. The van der Waals surface area contributed by atoms with Crippen LogP contribution in [0, 0.1) is 0 Å². The molecule has 0 unspecified atom stereocenters. The van der Waals surface area contributed by atoms with Gasteiger partial charge in [-0.25, -0.2) is 9.59 Å². The van der Waals surface area contributed by atoms with Gasteiger partial charge in [-0.2, -0.15) is 0 Å². The quantitative estimate of drug-likeness (QED) is 0.287. The number of primary amides is 1. The monoisotopic (exact) mass is 431 g/mol. The molecular formula is C24H21N3O5. The van der Waals surface area contributed by atoms with Crippen LogP contribution in [-0.4, -0.2) is 17.0 Å². The molecule has 3 amide bonds. The second kappa shape index (κ2) is 7.82. The van der Waals surface area contributed by atoms with E-state index in [4.69, 9.17) is 10.2 Å². The summed E-state index contributed by atoms with van der Waals surface area (Å²) in [7, 11) is 0. The lowest BCUT2D eigenvalue weighted by atomic mass is 9.98. The maximum Gasteiger partial charge on any atom is 0.344 e. The molecule has 8 heteroatoms. The first-order chi connectivity index (χ1) is 15.1. The Balaban J connectivity index is 1.63. The Kier molecular flexibility index (Phi) is 5.15. The molecule has 5 N–H and O–H groups in total. The second-order valence-corrected chi connectivity index (χ2v) is 7.94. The Bertz CT molecular complexity index is 1420. The van der Waals surface area contributed by atoms with Gasteiger partial charge in [-0.3, -0.25) is 4.79 Å². The SMILES string of the molecule is CC(C)(O)c1ccc(NC(=O)Nc2ccc3oc(=O)c4ccc(C(N)=O)cc4c3c2)cc1. The highest BCUT2D eigenvalue weighted by atomic mass is 16.4. The summed E-state index contributed by atoms with van der Waals surface area (Å²) in [5.41, 5.74) is 6.18. The third kappa shape index (κ3) is 4.17. The van der Waals surface area contributed by atoms with Crippen LogP contribution in [0.2, 0.25) is 0 Å². The minimum Gasteiger partial charge on any atom is -0.422 e. The number of amides is 3. The summed E-state index contributed by atoms with van der Waals surface area (Å²) in [5.74, 6) is -0.613. The maximum atomic E-state index is 12.5. The zero-order chi connectivity index (χ0) is 23.0. The Morgan fingerprint density at radius 1 is 0.875 bits per heavy atom. The van der Waals surface area contributed by atoms with E-state index < -0.39 is 23.2 Å². The number of nitrogens with two attached hydrogens (primary N) is 1. The molecule has 8 nitrogen and oxygen atoms in total. The number of fused-ring (bicyclic) bond motifs is 3. The normalized spacial score (nSPS) is 11.5. The van der Waals surface area contributed by atoms with Gasteiger partial charge in [0.05, 0.1) is 11.0 Å². The number of aliphatic hydroxyl groups is 1. The zero-order valence-electron chi connectivity index (χ0n) is 17.4. The maximum absolute atomic E-state index is 12.5. The molecule has 0 aliphatic heterocycles. The molecule has 3 aromatic carbocycles. The molecule has 0 bridgehead atoms. The first-order valence-corrected chi connectivity index (χ1v) is 9.83. The van der Waals surface area contributed by atoms with Gasteiger partial charge in [-0.15, -0.1) is 0 Å². The Labute approximate surface area is 182 Å². The number of anilines is 2. The number of benzene rings is 3.